The average Bonchev–Trinajstić information content (AvgIpc) is 2.32. The van der Waals surface area contributed by atoms with Gasteiger partial charge in [0.05, 0.1) is 10.0 Å². The van der Waals surface area contributed by atoms with Gasteiger partial charge >= 0.3 is 5.97 Å². The second-order valence-electron chi connectivity index (χ2n) is 4.74. The number of rotatable bonds is 5. The van der Waals surface area contributed by atoms with Crippen LogP contribution in [0.2, 0.25) is 5.02 Å². The molecule has 1 amide bonds. The molecule has 0 aliphatic heterocycles. The van der Waals surface area contributed by atoms with Crippen LogP contribution in [0.1, 0.15) is 30.6 Å². The molecule has 2 N–H and O–H groups in total. The van der Waals surface area contributed by atoms with Crippen LogP contribution < -0.4 is 5.32 Å². The van der Waals surface area contributed by atoms with E-state index in [1.165, 1.54) is 6.07 Å². The Morgan fingerprint density at radius 3 is 2.55 bits per heavy atom. The number of hydrogen-bond donors (Lipinski definition) is 2. The van der Waals surface area contributed by atoms with Gasteiger partial charge in [-0.3, -0.25) is 4.79 Å². The predicted octanol–water partition coefficient (Wildman–Crippen LogP) is 3.47. The summed E-state index contributed by atoms with van der Waals surface area (Å²) in [7, 11) is 0. The molecule has 1 aromatic rings. The fraction of sp³-hybridized carbons (Fsp3) is 0.385. The molecule has 0 aromatic heterocycles. The summed E-state index contributed by atoms with van der Waals surface area (Å²) < 4.78 is 13.4. The third-order valence-electron chi connectivity index (χ3n) is 2.55. The van der Waals surface area contributed by atoms with Crippen molar-refractivity contribution in [1.82, 2.24) is 5.32 Å². The highest BCUT2D eigenvalue weighted by Crippen LogP contribution is 2.25. The topological polar surface area (TPSA) is 66.4 Å². The molecule has 4 nitrogen and oxygen atoms in total. The van der Waals surface area contributed by atoms with Gasteiger partial charge in [0, 0.05) is 5.02 Å². The molecule has 0 fully saturated rings. The molecular formula is C13H14BrClFNO3. The Morgan fingerprint density at radius 1 is 1.45 bits per heavy atom. The van der Waals surface area contributed by atoms with Crippen molar-refractivity contribution >= 4 is 39.4 Å². The van der Waals surface area contributed by atoms with Crippen LogP contribution in [-0.2, 0) is 4.79 Å². The molecule has 0 saturated carbocycles. The van der Waals surface area contributed by atoms with Crippen LogP contribution in [0, 0.1) is 11.7 Å². The predicted molar refractivity (Wildman–Crippen MR) is 77.5 cm³/mol. The summed E-state index contributed by atoms with van der Waals surface area (Å²) in [6.45, 7) is 3.69. The monoisotopic (exact) mass is 365 g/mol. The summed E-state index contributed by atoms with van der Waals surface area (Å²) in [5, 5.41) is 11.5. The van der Waals surface area contributed by atoms with E-state index in [0.29, 0.717) is 0 Å². The van der Waals surface area contributed by atoms with Gasteiger partial charge in [0.15, 0.2) is 0 Å². The Balaban J connectivity index is 2.97. The Morgan fingerprint density at radius 2 is 2.05 bits per heavy atom. The minimum Gasteiger partial charge on any atom is -0.480 e. The van der Waals surface area contributed by atoms with Gasteiger partial charge < -0.3 is 10.4 Å². The number of carboxylic acids is 1. The first-order valence-corrected chi connectivity index (χ1v) is 7.07. The maximum absolute atomic E-state index is 13.5. The van der Waals surface area contributed by atoms with Crippen LogP contribution in [0.25, 0.3) is 0 Å². The van der Waals surface area contributed by atoms with E-state index < -0.39 is 23.7 Å². The Labute approximate surface area is 129 Å². The van der Waals surface area contributed by atoms with Gasteiger partial charge in [-0.15, -0.1) is 0 Å². The van der Waals surface area contributed by atoms with Crippen LogP contribution >= 0.6 is 27.5 Å². The van der Waals surface area contributed by atoms with Gasteiger partial charge in [0.1, 0.15) is 11.9 Å². The number of halogens is 3. The summed E-state index contributed by atoms with van der Waals surface area (Å²) in [4.78, 5) is 23.1. The highest BCUT2D eigenvalue weighted by atomic mass is 79.9. The number of nitrogens with one attached hydrogen (secondary N) is 1. The van der Waals surface area contributed by atoms with Gasteiger partial charge in [-0.1, -0.05) is 25.4 Å². The van der Waals surface area contributed by atoms with E-state index in [1.54, 1.807) is 0 Å². The zero-order chi connectivity index (χ0) is 15.4. The number of carbonyl (C=O) groups excluding carboxylic acids is 1. The highest BCUT2D eigenvalue weighted by Gasteiger charge is 2.23. The van der Waals surface area contributed by atoms with Crippen LogP contribution in [0.5, 0.6) is 0 Å². The SMILES string of the molecule is CC(C)C[C@H](NC(=O)c1cc(Cl)cc(F)c1Br)C(=O)O. The number of aliphatic carboxylic acids is 1. The van der Waals surface area contributed by atoms with Crippen LogP contribution in [0.4, 0.5) is 4.39 Å². The quantitative estimate of drug-likeness (QED) is 0.784. The lowest BCUT2D eigenvalue weighted by molar-refractivity contribution is -0.139. The number of amides is 1. The molecule has 1 atom stereocenters. The molecule has 0 radical (unpaired) electrons. The average molecular weight is 367 g/mol. The van der Waals surface area contributed by atoms with Gasteiger partial charge in [-0.25, -0.2) is 9.18 Å². The molecule has 20 heavy (non-hydrogen) atoms. The fourth-order valence-corrected chi connectivity index (χ4v) is 2.26. The van der Waals surface area contributed by atoms with E-state index in [-0.39, 0.29) is 27.4 Å². The molecule has 7 heteroatoms. The molecule has 110 valence electrons. The fourth-order valence-electron chi connectivity index (χ4n) is 1.65. The second kappa shape index (κ2) is 7.04. The van der Waals surface area contributed by atoms with Crippen molar-refractivity contribution in [2.75, 3.05) is 0 Å². The Bertz CT molecular complexity index is 537. The lowest BCUT2D eigenvalue weighted by Crippen LogP contribution is -2.41. The summed E-state index contributed by atoms with van der Waals surface area (Å²) in [6, 6.07) is 1.31. The first-order chi connectivity index (χ1) is 9.22. The van der Waals surface area contributed by atoms with E-state index in [9.17, 15) is 14.0 Å². The Kier molecular flexibility index (Phi) is 5.95. The zero-order valence-corrected chi connectivity index (χ0v) is 13.3. The van der Waals surface area contributed by atoms with E-state index in [1.807, 2.05) is 13.8 Å². The van der Waals surface area contributed by atoms with Crippen LogP contribution in [-0.4, -0.2) is 23.0 Å². The van der Waals surface area contributed by atoms with Crippen molar-refractivity contribution in [3.63, 3.8) is 0 Å². The van der Waals surface area contributed by atoms with Gasteiger partial charge in [0.25, 0.3) is 5.91 Å². The normalized spacial score (nSPS) is 12.3. The van der Waals surface area contributed by atoms with Gasteiger partial charge in [0.2, 0.25) is 0 Å². The van der Waals surface area contributed by atoms with Gasteiger partial charge in [-0.2, -0.15) is 0 Å². The van der Waals surface area contributed by atoms with Crippen molar-refractivity contribution < 1.29 is 19.1 Å². The maximum Gasteiger partial charge on any atom is 0.326 e. The first kappa shape index (κ1) is 16.9. The molecule has 1 rings (SSSR count). The molecule has 0 aliphatic carbocycles. The standard InChI is InChI=1S/C13H14BrClFNO3/c1-6(2)3-10(13(19)20)17-12(18)8-4-7(15)5-9(16)11(8)14/h4-6,10H,3H2,1-2H3,(H,17,18)(H,19,20)/t10-/m0/s1. The molecule has 0 heterocycles. The van der Waals surface area contributed by atoms with E-state index in [4.69, 9.17) is 16.7 Å². The molecule has 0 saturated heterocycles. The molecule has 0 spiro atoms. The van der Waals surface area contributed by atoms with Crippen molar-refractivity contribution in [1.29, 1.82) is 0 Å². The minimum absolute atomic E-state index is 0.0370. The van der Waals surface area contributed by atoms with Gasteiger partial charge in [-0.05, 0) is 40.4 Å². The molecule has 0 unspecified atom stereocenters. The third-order valence-corrected chi connectivity index (χ3v) is 3.57. The number of hydrogen-bond acceptors (Lipinski definition) is 2. The van der Waals surface area contributed by atoms with E-state index in [2.05, 4.69) is 21.2 Å². The van der Waals surface area contributed by atoms with E-state index >= 15 is 0 Å². The second-order valence-corrected chi connectivity index (χ2v) is 5.97. The summed E-state index contributed by atoms with van der Waals surface area (Å²) in [5.41, 5.74) is -0.0370. The molecule has 0 aliphatic rings. The lowest BCUT2D eigenvalue weighted by atomic mass is 10.0. The summed E-state index contributed by atoms with van der Waals surface area (Å²) >= 11 is 8.64. The smallest absolute Gasteiger partial charge is 0.326 e. The summed E-state index contributed by atoms with van der Waals surface area (Å²) in [5.74, 6) is -2.41. The zero-order valence-electron chi connectivity index (χ0n) is 10.9. The largest absolute Gasteiger partial charge is 0.480 e. The van der Waals surface area contributed by atoms with Crippen LogP contribution in [0.15, 0.2) is 16.6 Å². The van der Waals surface area contributed by atoms with Crippen molar-refractivity contribution in [2.24, 2.45) is 5.92 Å². The number of carbonyl (C=O) groups is 2. The lowest BCUT2D eigenvalue weighted by Gasteiger charge is -2.17. The molecule has 1 aromatic carbocycles. The summed E-state index contributed by atoms with van der Waals surface area (Å²) in [6.07, 6.45) is 0.280. The maximum atomic E-state index is 13.5. The third kappa shape index (κ3) is 4.45. The van der Waals surface area contributed by atoms with Crippen LogP contribution in [0.3, 0.4) is 0 Å². The Hall–Kier alpha value is -1.14. The van der Waals surface area contributed by atoms with Crippen molar-refractivity contribution in [2.45, 2.75) is 26.3 Å². The van der Waals surface area contributed by atoms with Crippen molar-refractivity contribution in [3.8, 4) is 0 Å². The number of benzene rings is 1. The highest BCUT2D eigenvalue weighted by molar-refractivity contribution is 9.10. The number of carboxylic acid groups (broad SMARTS) is 1. The van der Waals surface area contributed by atoms with Crippen molar-refractivity contribution in [3.05, 3.63) is 33.0 Å². The molecule has 0 bridgehead atoms. The molecular weight excluding hydrogens is 353 g/mol. The minimum atomic E-state index is -1.13. The van der Waals surface area contributed by atoms with E-state index in [0.717, 1.165) is 6.07 Å². The first-order valence-electron chi connectivity index (χ1n) is 5.90.